The van der Waals surface area contributed by atoms with Crippen LogP contribution in [0.5, 0.6) is 0 Å². The first-order valence-electron chi connectivity index (χ1n) is 12.6. The Labute approximate surface area is 235 Å². The van der Waals surface area contributed by atoms with Gasteiger partial charge in [0.15, 0.2) is 0 Å². The van der Waals surface area contributed by atoms with E-state index < -0.39 is 35.3 Å². The molecule has 1 aromatic carbocycles. The molecular formula is C29H29F2N7O3. The highest BCUT2D eigenvalue weighted by Crippen LogP contribution is 2.28. The Balaban J connectivity index is 1.75. The number of hydrogen-bond donors (Lipinski definition) is 1. The minimum Gasteiger partial charge on any atom is -0.444 e. The van der Waals surface area contributed by atoms with Gasteiger partial charge in [-0.1, -0.05) is 5.92 Å². The van der Waals surface area contributed by atoms with Crippen LogP contribution in [0.25, 0.3) is 22.3 Å². The monoisotopic (exact) mass is 561 g/mol. The molecule has 1 unspecified atom stereocenters. The molecule has 0 aliphatic carbocycles. The van der Waals surface area contributed by atoms with Crippen molar-refractivity contribution in [2.75, 3.05) is 12.4 Å². The number of nitrogens with one attached hydrogen (secondary N) is 1. The number of rotatable bonds is 4. The lowest BCUT2D eigenvalue weighted by atomic mass is 10.1. The second-order valence-electron chi connectivity index (χ2n) is 10.4. The van der Waals surface area contributed by atoms with Gasteiger partial charge in [0.05, 0.1) is 11.4 Å². The number of anilines is 1. The van der Waals surface area contributed by atoms with Gasteiger partial charge >= 0.3 is 6.09 Å². The Hall–Kier alpha value is -4.92. The fourth-order valence-corrected chi connectivity index (χ4v) is 3.94. The van der Waals surface area contributed by atoms with Crippen LogP contribution in [0, 0.1) is 30.4 Å². The molecule has 1 N–H and O–H groups in total. The molecule has 0 bridgehead atoms. The number of nitrogens with zero attached hydrogens (tertiary/aromatic N) is 6. The normalized spacial score (nSPS) is 11.9. The molecule has 4 rings (SSSR count). The Bertz CT molecular complexity index is 1700. The maximum Gasteiger partial charge on any atom is 0.410 e. The summed E-state index contributed by atoms with van der Waals surface area (Å²) in [4.78, 5) is 40.0. The molecule has 41 heavy (non-hydrogen) atoms. The van der Waals surface area contributed by atoms with Crippen LogP contribution in [0.2, 0.25) is 0 Å². The molecule has 0 saturated carbocycles. The van der Waals surface area contributed by atoms with Crippen LogP contribution in [-0.4, -0.2) is 60.3 Å². The van der Waals surface area contributed by atoms with Crippen molar-refractivity contribution in [3.05, 3.63) is 65.2 Å². The minimum atomic E-state index is -0.911. The lowest BCUT2D eigenvalue weighted by Gasteiger charge is -2.28. The number of fused-ring (bicyclic) bond motifs is 1. The Morgan fingerprint density at radius 2 is 1.76 bits per heavy atom. The molecule has 212 valence electrons. The van der Waals surface area contributed by atoms with E-state index in [4.69, 9.17) is 4.74 Å². The molecule has 0 fully saturated rings. The maximum atomic E-state index is 13.7. The van der Waals surface area contributed by atoms with Gasteiger partial charge < -0.3 is 10.1 Å². The van der Waals surface area contributed by atoms with Gasteiger partial charge in [0.25, 0.3) is 0 Å². The van der Waals surface area contributed by atoms with Crippen LogP contribution >= 0.6 is 0 Å². The number of likely N-dealkylation sites (N-methyl/N-ethyl adjacent to an activating group) is 1. The summed E-state index contributed by atoms with van der Waals surface area (Å²) in [6, 6.07) is 5.29. The molecule has 1 atom stereocenters. The Kier molecular flexibility index (Phi) is 8.00. The van der Waals surface area contributed by atoms with Gasteiger partial charge in [-0.15, -0.1) is 0 Å². The van der Waals surface area contributed by atoms with Crippen molar-refractivity contribution in [3.63, 3.8) is 0 Å². The van der Waals surface area contributed by atoms with Crippen LogP contribution in [0.4, 0.5) is 19.4 Å². The summed E-state index contributed by atoms with van der Waals surface area (Å²) >= 11 is 0. The molecule has 0 radical (unpaired) electrons. The van der Waals surface area contributed by atoms with Gasteiger partial charge in [0.1, 0.15) is 52.1 Å². The zero-order valence-corrected chi connectivity index (χ0v) is 23.7. The number of amides is 2. The summed E-state index contributed by atoms with van der Waals surface area (Å²) in [6.07, 6.45) is 0.745. The zero-order chi connectivity index (χ0) is 30.1. The lowest BCUT2D eigenvalue weighted by Crippen LogP contribution is -2.45. The highest BCUT2D eigenvalue weighted by atomic mass is 19.1. The standard InChI is InChI=1S/C29H29F2N7O3/c1-16-24-26(38(7)36-16)25(33-15-32-24)19-12-22(9-8-18-10-20(30)14-21(31)11-18)34-23(13-19)35-27(39)17(2)37(6)28(40)41-29(3,4)5/h10-15,17H,1-7H3,(H,34,35,39). The minimum absolute atomic E-state index is 0.111. The van der Waals surface area contributed by atoms with E-state index in [1.54, 1.807) is 51.6 Å². The molecule has 0 saturated heterocycles. The molecule has 10 nitrogen and oxygen atoms in total. The lowest BCUT2D eigenvalue weighted by molar-refractivity contribution is -0.120. The molecule has 0 spiro atoms. The number of pyridine rings is 1. The van der Waals surface area contributed by atoms with Gasteiger partial charge in [0.2, 0.25) is 5.91 Å². The summed E-state index contributed by atoms with van der Waals surface area (Å²) in [5.74, 6) is 3.58. The predicted octanol–water partition coefficient (Wildman–Crippen LogP) is 4.61. The van der Waals surface area contributed by atoms with Crippen molar-refractivity contribution in [1.82, 2.24) is 29.6 Å². The second-order valence-corrected chi connectivity index (χ2v) is 10.4. The first-order valence-corrected chi connectivity index (χ1v) is 12.6. The summed E-state index contributed by atoms with van der Waals surface area (Å²) in [7, 11) is 3.22. The number of ether oxygens (including phenoxy) is 1. The van der Waals surface area contributed by atoms with Gasteiger partial charge in [-0.05, 0) is 64.8 Å². The molecule has 2 amide bonds. The highest BCUT2D eigenvalue weighted by Gasteiger charge is 2.27. The van der Waals surface area contributed by atoms with Crippen LogP contribution in [0.1, 0.15) is 44.6 Å². The van der Waals surface area contributed by atoms with E-state index in [0.29, 0.717) is 28.0 Å². The number of halogens is 2. The molecule has 3 aromatic heterocycles. The van der Waals surface area contributed by atoms with Crippen LogP contribution < -0.4 is 5.32 Å². The van der Waals surface area contributed by atoms with Gasteiger partial charge in [-0.2, -0.15) is 5.10 Å². The molecular weight excluding hydrogens is 532 g/mol. The summed E-state index contributed by atoms with van der Waals surface area (Å²) in [5.41, 5.74) is 2.63. The third-order valence-electron chi connectivity index (χ3n) is 5.98. The van der Waals surface area contributed by atoms with Gasteiger partial charge in [-0.3, -0.25) is 14.4 Å². The van der Waals surface area contributed by atoms with Gasteiger partial charge in [-0.25, -0.2) is 28.5 Å². The van der Waals surface area contributed by atoms with Crippen LogP contribution in [0.15, 0.2) is 36.7 Å². The highest BCUT2D eigenvalue weighted by molar-refractivity contribution is 5.97. The number of aryl methyl sites for hydroxylation is 2. The van der Waals surface area contributed by atoms with Crippen molar-refractivity contribution < 1.29 is 23.1 Å². The molecule has 0 aliphatic heterocycles. The van der Waals surface area contributed by atoms with E-state index in [0.717, 1.165) is 18.2 Å². The topological polar surface area (TPSA) is 115 Å². The SMILES string of the molecule is Cc1nn(C)c2c(-c3cc(C#Cc4cc(F)cc(F)c4)nc(NC(=O)C(C)N(C)C(=O)OC(C)(C)C)c3)ncnc12. The summed E-state index contributed by atoms with van der Waals surface area (Å²) < 4.78 is 34.4. The molecule has 3 heterocycles. The Morgan fingerprint density at radius 1 is 1.07 bits per heavy atom. The van der Waals surface area contributed by atoms with Gasteiger partial charge in [0, 0.05) is 31.3 Å². The van der Waals surface area contributed by atoms with Crippen molar-refractivity contribution in [1.29, 1.82) is 0 Å². The second kappa shape index (κ2) is 11.3. The predicted molar refractivity (Wildman–Crippen MR) is 149 cm³/mol. The number of benzene rings is 1. The quantitative estimate of drug-likeness (QED) is 0.362. The van der Waals surface area contributed by atoms with E-state index in [9.17, 15) is 18.4 Å². The van der Waals surface area contributed by atoms with Crippen molar-refractivity contribution in [2.24, 2.45) is 7.05 Å². The third kappa shape index (κ3) is 6.81. The van der Waals surface area contributed by atoms with Crippen molar-refractivity contribution >= 4 is 28.9 Å². The number of aromatic nitrogens is 5. The average Bonchev–Trinajstić information content (AvgIpc) is 3.18. The van der Waals surface area contributed by atoms with E-state index in [1.807, 2.05) is 6.92 Å². The average molecular weight is 562 g/mol. The summed E-state index contributed by atoms with van der Waals surface area (Å²) in [5, 5.41) is 7.15. The fourth-order valence-electron chi connectivity index (χ4n) is 3.94. The number of carbonyl (C=O) groups is 2. The smallest absolute Gasteiger partial charge is 0.410 e. The number of carbonyl (C=O) groups excluding carboxylic acids is 2. The van der Waals surface area contributed by atoms with Crippen molar-refractivity contribution in [3.8, 4) is 23.1 Å². The maximum absolute atomic E-state index is 13.7. The molecule has 0 aliphatic rings. The third-order valence-corrected chi connectivity index (χ3v) is 5.98. The van der Waals surface area contributed by atoms with E-state index >= 15 is 0 Å². The first kappa shape index (κ1) is 29.1. The fraction of sp³-hybridized carbons (Fsp3) is 0.310. The van der Waals surface area contributed by atoms with Crippen molar-refractivity contribution in [2.45, 2.75) is 46.3 Å². The zero-order valence-electron chi connectivity index (χ0n) is 23.7. The largest absolute Gasteiger partial charge is 0.444 e. The Morgan fingerprint density at radius 3 is 2.41 bits per heavy atom. The summed E-state index contributed by atoms with van der Waals surface area (Å²) in [6.45, 7) is 8.57. The molecule has 12 heteroatoms. The number of hydrogen-bond acceptors (Lipinski definition) is 7. The van der Waals surface area contributed by atoms with E-state index in [1.165, 1.54) is 18.3 Å². The van der Waals surface area contributed by atoms with E-state index in [2.05, 4.69) is 37.2 Å². The van der Waals surface area contributed by atoms with E-state index in [-0.39, 0.29) is 17.1 Å². The first-order chi connectivity index (χ1) is 19.2. The van der Waals surface area contributed by atoms with Crippen LogP contribution in [0.3, 0.4) is 0 Å². The van der Waals surface area contributed by atoms with Crippen LogP contribution in [-0.2, 0) is 16.6 Å². The molecule has 4 aromatic rings.